The summed E-state index contributed by atoms with van der Waals surface area (Å²) >= 11 is 0. The summed E-state index contributed by atoms with van der Waals surface area (Å²) in [6, 6.07) is 5.61. The number of aliphatic imine (C=N–C) groups is 1. The normalized spacial score (nSPS) is 40.6. The van der Waals surface area contributed by atoms with Gasteiger partial charge in [-0.25, -0.2) is 14.8 Å². The third-order valence-corrected chi connectivity index (χ3v) is 9.03. The lowest BCUT2D eigenvalue weighted by molar-refractivity contribution is -0.570. The highest BCUT2D eigenvalue weighted by Gasteiger charge is 2.69. The molecule has 39 heavy (non-hydrogen) atoms. The van der Waals surface area contributed by atoms with Gasteiger partial charge in [0.05, 0.1) is 13.2 Å². The van der Waals surface area contributed by atoms with Crippen LogP contribution >= 0.6 is 0 Å². The predicted molar refractivity (Wildman–Crippen MR) is 133 cm³/mol. The Balaban J connectivity index is 1.29. The predicted octanol–water partition coefficient (Wildman–Crippen LogP) is 4.89. The van der Waals surface area contributed by atoms with Crippen molar-refractivity contribution in [3.63, 3.8) is 0 Å². The molecule has 1 spiro atoms. The molecule has 7 rings (SSSR count). The zero-order valence-electron chi connectivity index (χ0n) is 22.4. The Kier molecular flexibility index (Phi) is 6.98. The van der Waals surface area contributed by atoms with Crippen molar-refractivity contribution in [2.75, 3.05) is 31.6 Å². The Hall–Kier alpha value is -2.12. The molecule has 1 unspecified atom stereocenters. The number of ether oxygens (including phenoxy) is 4. The molecule has 0 amide bonds. The number of hydrogen-bond donors (Lipinski definition) is 1. The van der Waals surface area contributed by atoms with Crippen molar-refractivity contribution in [3.8, 4) is 5.75 Å². The number of rotatable bonds is 3. The fourth-order valence-electron chi connectivity index (χ4n) is 6.99. The van der Waals surface area contributed by atoms with Crippen LogP contribution in [-0.4, -0.2) is 67.4 Å². The molecule has 0 radical (unpaired) electrons. The van der Waals surface area contributed by atoms with E-state index in [9.17, 15) is 13.2 Å². The summed E-state index contributed by atoms with van der Waals surface area (Å²) in [6.45, 7) is 8.62. The van der Waals surface area contributed by atoms with Gasteiger partial charge in [0.15, 0.2) is 18.1 Å². The van der Waals surface area contributed by atoms with Crippen molar-refractivity contribution < 1.29 is 41.9 Å². The van der Waals surface area contributed by atoms with Crippen molar-refractivity contribution in [1.29, 1.82) is 0 Å². The number of fused-ring (bicyclic) bond motifs is 2. The zero-order valence-corrected chi connectivity index (χ0v) is 22.4. The van der Waals surface area contributed by atoms with Crippen LogP contribution in [-0.2, 0) is 24.0 Å². The van der Waals surface area contributed by atoms with E-state index >= 15 is 0 Å². The smallest absolute Gasteiger partial charge is 0.406 e. The van der Waals surface area contributed by atoms with Crippen molar-refractivity contribution in [1.82, 2.24) is 4.90 Å². The summed E-state index contributed by atoms with van der Waals surface area (Å²) in [5.74, 6) is 0.250. The molecule has 5 heterocycles. The van der Waals surface area contributed by atoms with Crippen LogP contribution in [0.25, 0.3) is 0 Å². The molecule has 8 atom stereocenters. The van der Waals surface area contributed by atoms with Gasteiger partial charge in [-0.05, 0) is 62.3 Å². The molecule has 1 aromatic rings. The van der Waals surface area contributed by atoms with E-state index in [1.165, 1.54) is 24.3 Å². The van der Waals surface area contributed by atoms with Crippen LogP contribution in [0.15, 0.2) is 29.3 Å². The second-order valence-corrected chi connectivity index (χ2v) is 11.5. The van der Waals surface area contributed by atoms with Gasteiger partial charge in [0.25, 0.3) is 0 Å². The number of benzene rings is 1. The van der Waals surface area contributed by atoms with E-state index in [0.29, 0.717) is 43.9 Å². The van der Waals surface area contributed by atoms with E-state index in [1.807, 2.05) is 6.92 Å². The molecule has 2 bridgehead atoms. The summed E-state index contributed by atoms with van der Waals surface area (Å²) in [6.07, 6.45) is -2.17. The zero-order chi connectivity index (χ0) is 27.4. The summed E-state index contributed by atoms with van der Waals surface area (Å²) in [4.78, 5) is 19.3. The molecule has 5 aliphatic heterocycles. The average Bonchev–Trinajstić information content (AvgIpc) is 3.13. The minimum atomic E-state index is -4.75. The molecular formula is C27H36F3N3O6. The highest BCUT2D eigenvalue weighted by Crippen LogP contribution is 2.60. The number of morpholine rings is 1. The van der Waals surface area contributed by atoms with Gasteiger partial charge in [0.2, 0.25) is 11.7 Å². The average molecular weight is 556 g/mol. The van der Waals surface area contributed by atoms with Crippen molar-refractivity contribution >= 4 is 11.6 Å². The Labute approximate surface area is 225 Å². The molecule has 6 fully saturated rings. The molecule has 1 aromatic carbocycles. The van der Waals surface area contributed by atoms with Crippen LogP contribution in [0.4, 0.5) is 18.9 Å². The van der Waals surface area contributed by atoms with E-state index in [0.717, 1.165) is 25.7 Å². The largest absolute Gasteiger partial charge is 0.573 e. The van der Waals surface area contributed by atoms with Crippen molar-refractivity contribution in [2.45, 2.75) is 76.7 Å². The second kappa shape index (κ2) is 10.1. The van der Waals surface area contributed by atoms with E-state index in [2.05, 4.69) is 28.8 Å². The molecular weight excluding hydrogens is 519 g/mol. The highest BCUT2D eigenvalue weighted by atomic mass is 19.4. The number of hydrogen-bond acceptors (Lipinski definition) is 7. The number of guanidine groups is 1. The minimum Gasteiger partial charge on any atom is -0.406 e. The SMILES string of the molecule is C[C@H]1[C@H](/N=C(/Nc2ccc(OC(F)(F)F)cc2)N2CCOCC2)O[C@@H]2O[C@]3(C)CC[C@H]4[C@H](C)CC[C@@H]1C24OO3. The van der Waals surface area contributed by atoms with E-state index in [-0.39, 0.29) is 23.5 Å². The number of nitrogens with one attached hydrogen (secondary N) is 1. The van der Waals surface area contributed by atoms with Crippen molar-refractivity contribution in [3.05, 3.63) is 24.3 Å². The van der Waals surface area contributed by atoms with E-state index in [1.54, 1.807) is 0 Å². The van der Waals surface area contributed by atoms with Gasteiger partial charge < -0.3 is 29.2 Å². The van der Waals surface area contributed by atoms with Gasteiger partial charge in [-0.2, -0.15) is 0 Å². The van der Waals surface area contributed by atoms with Gasteiger partial charge in [-0.3, -0.25) is 0 Å². The van der Waals surface area contributed by atoms with Crippen LogP contribution in [0.3, 0.4) is 0 Å². The molecule has 9 nitrogen and oxygen atoms in total. The summed E-state index contributed by atoms with van der Waals surface area (Å²) in [5.41, 5.74) is -0.102. The summed E-state index contributed by atoms with van der Waals surface area (Å²) in [7, 11) is 0. The van der Waals surface area contributed by atoms with Crippen LogP contribution in [0, 0.1) is 23.7 Å². The minimum absolute atomic E-state index is 0.00584. The van der Waals surface area contributed by atoms with E-state index in [4.69, 9.17) is 29.0 Å². The van der Waals surface area contributed by atoms with Gasteiger partial charge in [0.1, 0.15) is 5.75 Å². The first-order chi connectivity index (χ1) is 18.6. The first-order valence-electron chi connectivity index (χ1n) is 13.8. The maximum absolute atomic E-state index is 12.6. The number of anilines is 1. The first-order valence-corrected chi connectivity index (χ1v) is 13.8. The van der Waals surface area contributed by atoms with Crippen LogP contribution in [0.1, 0.15) is 46.5 Å². The molecule has 6 aliphatic rings. The molecule has 12 heteroatoms. The van der Waals surface area contributed by atoms with E-state index < -0.39 is 30.3 Å². The van der Waals surface area contributed by atoms with Crippen LogP contribution in [0.2, 0.25) is 0 Å². The Bertz CT molecular complexity index is 1070. The quantitative estimate of drug-likeness (QED) is 0.321. The van der Waals surface area contributed by atoms with Gasteiger partial charge >= 0.3 is 6.36 Å². The lowest BCUT2D eigenvalue weighted by Crippen LogP contribution is -2.70. The van der Waals surface area contributed by atoms with Gasteiger partial charge in [0, 0.05) is 37.0 Å². The third kappa shape index (κ3) is 5.10. The van der Waals surface area contributed by atoms with Crippen LogP contribution < -0.4 is 10.1 Å². The standard InChI is InChI=1S/C27H36F3N3O6/c1-16-4-9-21-17(2)22(35-23-26(21)20(16)10-11-25(3,37-23)38-39-26)32-24(33-12-14-34-15-13-33)31-18-5-7-19(8-6-18)36-27(28,29)30/h5-8,16-17,20-23H,4,9-15H2,1-3H3,(H,31,32)/t16-,17-,20+,21+,22-,23-,25+,26?/m1/s1. The third-order valence-electron chi connectivity index (χ3n) is 9.03. The van der Waals surface area contributed by atoms with Crippen molar-refractivity contribution in [2.24, 2.45) is 28.7 Å². The Morgan fingerprint density at radius 3 is 2.51 bits per heavy atom. The maximum Gasteiger partial charge on any atom is 0.573 e. The number of alkyl halides is 3. The van der Waals surface area contributed by atoms with Gasteiger partial charge in [-0.1, -0.05) is 13.8 Å². The monoisotopic (exact) mass is 555 g/mol. The lowest BCUT2D eigenvalue weighted by atomic mass is 9.58. The Morgan fingerprint density at radius 1 is 1.05 bits per heavy atom. The summed E-state index contributed by atoms with van der Waals surface area (Å²) < 4.78 is 60.5. The fraction of sp³-hybridized carbons (Fsp3) is 0.741. The van der Waals surface area contributed by atoms with Gasteiger partial charge in [-0.15, -0.1) is 13.2 Å². The molecule has 1 N–H and O–H groups in total. The summed E-state index contributed by atoms with van der Waals surface area (Å²) in [5, 5.41) is 3.30. The maximum atomic E-state index is 12.6. The highest BCUT2D eigenvalue weighted by molar-refractivity contribution is 5.93. The second-order valence-electron chi connectivity index (χ2n) is 11.5. The number of halogens is 3. The molecule has 1 saturated carbocycles. The lowest BCUT2D eigenvalue weighted by Gasteiger charge is -2.59. The molecule has 5 saturated heterocycles. The molecule has 0 aromatic heterocycles. The number of nitrogens with zero attached hydrogens (tertiary/aromatic N) is 2. The molecule has 1 aliphatic carbocycles. The Morgan fingerprint density at radius 2 is 1.79 bits per heavy atom. The van der Waals surface area contributed by atoms with Crippen LogP contribution in [0.5, 0.6) is 5.75 Å². The first kappa shape index (κ1) is 27.1. The molecule has 216 valence electrons. The fourth-order valence-corrected chi connectivity index (χ4v) is 6.99. The topological polar surface area (TPSA) is 83.0 Å².